The molecule has 0 amide bonds. The molecule has 0 saturated heterocycles. The largest absolute Gasteiger partial charge is 0.322 e. The highest BCUT2D eigenvalue weighted by molar-refractivity contribution is 5.32. The first-order valence-electron chi connectivity index (χ1n) is 5.89. The van der Waals surface area contributed by atoms with Gasteiger partial charge in [-0.05, 0) is 38.0 Å². The van der Waals surface area contributed by atoms with Gasteiger partial charge >= 0.3 is 0 Å². The summed E-state index contributed by atoms with van der Waals surface area (Å²) in [5, 5.41) is 4.27. The molecule has 3 heteroatoms. The maximum absolute atomic E-state index is 6.25. The molecule has 0 aliphatic rings. The summed E-state index contributed by atoms with van der Waals surface area (Å²) in [7, 11) is 0. The third kappa shape index (κ3) is 2.56. The summed E-state index contributed by atoms with van der Waals surface area (Å²) in [5.74, 6) is 0. The Morgan fingerprint density at radius 2 is 2.00 bits per heavy atom. The first-order valence-corrected chi connectivity index (χ1v) is 5.89. The summed E-state index contributed by atoms with van der Waals surface area (Å²) in [5.41, 5.74) is 11.1. The van der Waals surface area contributed by atoms with E-state index in [1.165, 1.54) is 16.7 Å². The van der Waals surface area contributed by atoms with Crippen molar-refractivity contribution in [2.45, 2.75) is 33.4 Å². The lowest BCUT2D eigenvalue weighted by atomic mass is 10.00. The first kappa shape index (κ1) is 11.9. The summed E-state index contributed by atoms with van der Waals surface area (Å²) in [6.45, 7) is 6.97. The van der Waals surface area contributed by atoms with Crippen LogP contribution in [0.25, 0.3) is 0 Å². The van der Waals surface area contributed by atoms with Crippen LogP contribution in [-0.4, -0.2) is 9.78 Å². The van der Waals surface area contributed by atoms with E-state index in [-0.39, 0.29) is 6.04 Å². The quantitative estimate of drug-likeness (QED) is 0.878. The highest BCUT2D eigenvalue weighted by atomic mass is 15.3. The second kappa shape index (κ2) is 4.72. The Morgan fingerprint density at radius 1 is 1.24 bits per heavy atom. The van der Waals surface area contributed by atoms with E-state index in [1.807, 2.05) is 23.9 Å². The second-order valence-electron chi connectivity index (χ2n) is 4.62. The molecular weight excluding hydrogens is 210 g/mol. The summed E-state index contributed by atoms with van der Waals surface area (Å²) < 4.78 is 1.95. The highest BCUT2D eigenvalue weighted by Gasteiger charge is 2.10. The molecule has 0 saturated carbocycles. The molecule has 90 valence electrons. The zero-order valence-electron chi connectivity index (χ0n) is 10.6. The van der Waals surface area contributed by atoms with E-state index >= 15 is 0 Å². The minimum absolute atomic E-state index is 0.00537. The van der Waals surface area contributed by atoms with Crippen molar-refractivity contribution in [3.05, 3.63) is 52.8 Å². The van der Waals surface area contributed by atoms with E-state index < -0.39 is 0 Å². The SMILES string of the molecule is Cc1ccc(C(N)Cn2nccc2C)c(C)c1. The lowest BCUT2D eigenvalue weighted by Gasteiger charge is -2.16. The Kier molecular flexibility index (Phi) is 3.29. The average Bonchev–Trinajstić information content (AvgIpc) is 2.64. The standard InChI is InChI=1S/C14H19N3/c1-10-4-5-13(11(2)8-10)14(15)9-17-12(3)6-7-16-17/h4-8,14H,9,15H2,1-3H3. The summed E-state index contributed by atoms with van der Waals surface area (Å²) in [6, 6.07) is 8.39. The number of aryl methyl sites for hydroxylation is 3. The van der Waals surface area contributed by atoms with Gasteiger partial charge in [-0.15, -0.1) is 0 Å². The molecule has 2 N–H and O–H groups in total. The maximum Gasteiger partial charge on any atom is 0.0605 e. The molecule has 2 rings (SSSR count). The predicted octanol–water partition coefficient (Wildman–Crippen LogP) is 2.51. The molecule has 0 radical (unpaired) electrons. The van der Waals surface area contributed by atoms with E-state index in [0.29, 0.717) is 0 Å². The molecule has 3 nitrogen and oxygen atoms in total. The fourth-order valence-electron chi connectivity index (χ4n) is 2.12. The summed E-state index contributed by atoms with van der Waals surface area (Å²) >= 11 is 0. The molecule has 1 unspecified atom stereocenters. The Bertz CT molecular complexity index is 514. The Hall–Kier alpha value is -1.61. The van der Waals surface area contributed by atoms with Crippen LogP contribution >= 0.6 is 0 Å². The molecule has 1 atom stereocenters. The third-order valence-electron chi connectivity index (χ3n) is 3.12. The number of nitrogens with two attached hydrogens (primary N) is 1. The van der Waals surface area contributed by atoms with Crippen LogP contribution in [0.1, 0.15) is 28.4 Å². The Balaban J connectivity index is 2.20. The molecule has 17 heavy (non-hydrogen) atoms. The topological polar surface area (TPSA) is 43.8 Å². The molecule has 1 aromatic heterocycles. The normalized spacial score (nSPS) is 12.7. The number of nitrogens with zero attached hydrogens (tertiary/aromatic N) is 2. The van der Waals surface area contributed by atoms with Crippen LogP contribution in [0.3, 0.4) is 0 Å². The monoisotopic (exact) mass is 229 g/mol. The van der Waals surface area contributed by atoms with Crippen molar-refractivity contribution in [2.24, 2.45) is 5.73 Å². The molecule has 0 aliphatic carbocycles. The van der Waals surface area contributed by atoms with Crippen LogP contribution in [0.2, 0.25) is 0 Å². The van der Waals surface area contributed by atoms with Crippen molar-refractivity contribution in [3.8, 4) is 0 Å². The molecular formula is C14H19N3. The van der Waals surface area contributed by atoms with Gasteiger partial charge < -0.3 is 5.73 Å². The van der Waals surface area contributed by atoms with Crippen molar-refractivity contribution in [1.82, 2.24) is 9.78 Å². The van der Waals surface area contributed by atoms with Gasteiger partial charge in [-0.3, -0.25) is 4.68 Å². The van der Waals surface area contributed by atoms with Crippen molar-refractivity contribution in [2.75, 3.05) is 0 Å². The smallest absolute Gasteiger partial charge is 0.0605 e. The van der Waals surface area contributed by atoms with Gasteiger partial charge in [0.2, 0.25) is 0 Å². The van der Waals surface area contributed by atoms with E-state index in [4.69, 9.17) is 5.73 Å². The molecule has 0 bridgehead atoms. The van der Waals surface area contributed by atoms with Gasteiger partial charge in [0.1, 0.15) is 0 Å². The maximum atomic E-state index is 6.25. The Labute approximate surface area is 102 Å². The molecule has 0 spiro atoms. The number of hydrogen-bond donors (Lipinski definition) is 1. The number of rotatable bonds is 3. The average molecular weight is 229 g/mol. The van der Waals surface area contributed by atoms with Crippen molar-refractivity contribution < 1.29 is 0 Å². The first-order chi connectivity index (χ1) is 8.08. The lowest BCUT2D eigenvalue weighted by molar-refractivity contribution is 0.516. The van der Waals surface area contributed by atoms with Gasteiger partial charge in [-0.1, -0.05) is 23.8 Å². The molecule has 0 fully saturated rings. The van der Waals surface area contributed by atoms with Crippen molar-refractivity contribution >= 4 is 0 Å². The Morgan fingerprint density at radius 3 is 2.59 bits per heavy atom. The van der Waals surface area contributed by atoms with Gasteiger partial charge in [-0.25, -0.2) is 0 Å². The summed E-state index contributed by atoms with van der Waals surface area (Å²) in [6.07, 6.45) is 1.81. The van der Waals surface area contributed by atoms with Gasteiger partial charge in [0.05, 0.1) is 6.54 Å². The molecule has 0 aliphatic heterocycles. The van der Waals surface area contributed by atoms with Gasteiger partial charge in [-0.2, -0.15) is 5.10 Å². The number of benzene rings is 1. The third-order valence-corrected chi connectivity index (χ3v) is 3.12. The molecule has 1 aromatic carbocycles. The minimum atomic E-state index is -0.00537. The fourth-order valence-corrected chi connectivity index (χ4v) is 2.12. The number of hydrogen-bond acceptors (Lipinski definition) is 2. The van der Waals surface area contributed by atoms with Crippen LogP contribution in [0.4, 0.5) is 0 Å². The van der Waals surface area contributed by atoms with Crippen LogP contribution in [0.5, 0.6) is 0 Å². The minimum Gasteiger partial charge on any atom is -0.322 e. The molecule has 2 aromatic rings. The van der Waals surface area contributed by atoms with Crippen LogP contribution in [-0.2, 0) is 6.54 Å². The van der Waals surface area contributed by atoms with E-state index in [0.717, 1.165) is 12.2 Å². The van der Waals surface area contributed by atoms with Crippen LogP contribution in [0, 0.1) is 20.8 Å². The second-order valence-corrected chi connectivity index (χ2v) is 4.62. The van der Waals surface area contributed by atoms with Gasteiger partial charge in [0, 0.05) is 17.9 Å². The van der Waals surface area contributed by atoms with E-state index in [9.17, 15) is 0 Å². The number of aromatic nitrogens is 2. The van der Waals surface area contributed by atoms with E-state index in [1.54, 1.807) is 0 Å². The lowest BCUT2D eigenvalue weighted by Crippen LogP contribution is -2.20. The zero-order valence-corrected chi connectivity index (χ0v) is 10.6. The predicted molar refractivity (Wildman–Crippen MR) is 69.8 cm³/mol. The van der Waals surface area contributed by atoms with Crippen molar-refractivity contribution in [3.63, 3.8) is 0 Å². The fraction of sp³-hybridized carbons (Fsp3) is 0.357. The van der Waals surface area contributed by atoms with Crippen molar-refractivity contribution in [1.29, 1.82) is 0 Å². The van der Waals surface area contributed by atoms with Crippen LogP contribution in [0.15, 0.2) is 30.5 Å². The van der Waals surface area contributed by atoms with E-state index in [2.05, 4.69) is 37.1 Å². The summed E-state index contributed by atoms with van der Waals surface area (Å²) in [4.78, 5) is 0. The van der Waals surface area contributed by atoms with Crippen LogP contribution < -0.4 is 5.73 Å². The highest BCUT2D eigenvalue weighted by Crippen LogP contribution is 2.18. The zero-order chi connectivity index (χ0) is 12.4. The van der Waals surface area contributed by atoms with Gasteiger partial charge in [0.25, 0.3) is 0 Å². The van der Waals surface area contributed by atoms with Gasteiger partial charge in [0.15, 0.2) is 0 Å². The molecule has 1 heterocycles.